The molecule has 0 aliphatic carbocycles. The van der Waals surface area contributed by atoms with Gasteiger partial charge in [-0.3, -0.25) is 0 Å². The molecule has 1 nitrogen and oxygen atoms in total. The summed E-state index contributed by atoms with van der Waals surface area (Å²) in [5.74, 6) is 1.04. The summed E-state index contributed by atoms with van der Waals surface area (Å²) in [5, 5.41) is 0.462. The number of thioether (sulfide) groups is 1. The molecule has 4 rings (SSSR count). The van der Waals surface area contributed by atoms with Crippen molar-refractivity contribution >= 4 is 29.1 Å². The molecule has 1 heterocycles. The van der Waals surface area contributed by atoms with Crippen LogP contribution in [0, 0.1) is 12.7 Å². The molecule has 0 amide bonds. The Bertz CT molecular complexity index is 965. The van der Waals surface area contributed by atoms with Crippen LogP contribution in [0.1, 0.15) is 35.4 Å². The van der Waals surface area contributed by atoms with Crippen LogP contribution in [0.5, 0.6) is 0 Å². The van der Waals surface area contributed by atoms with Crippen LogP contribution < -0.4 is 4.90 Å². The van der Waals surface area contributed by atoms with E-state index in [-0.39, 0.29) is 11.7 Å². The average Bonchev–Trinajstić information content (AvgIpc) is 2.74. The van der Waals surface area contributed by atoms with Crippen LogP contribution in [0.4, 0.5) is 10.1 Å². The van der Waals surface area contributed by atoms with Gasteiger partial charge in [0.15, 0.2) is 0 Å². The minimum Gasteiger partial charge on any atom is -0.371 e. The fourth-order valence-corrected chi connectivity index (χ4v) is 5.05. The number of halogens is 2. The summed E-state index contributed by atoms with van der Waals surface area (Å²) >= 11 is 7.78. The number of para-hydroxylation sites is 1. The van der Waals surface area contributed by atoms with Gasteiger partial charge in [-0.25, -0.2) is 4.39 Å². The first-order valence-corrected chi connectivity index (χ1v) is 11.4. The number of piperidine rings is 1. The number of benzene rings is 3. The molecule has 0 N–H and O–H groups in total. The van der Waals surface area contributed by atoms with E-state index in [4.69, 9.17) is 11.6 Å². The van der Waals surface area contributed by atoms with Crippen LogP contribution in [0.3, 0.4) is 0 Å². The minimum atomic E-state index is -0.175. The van der Waals surface area contributed by atoms with E-state index in [2.05, 4.69) is 60.4 Å². The zero-order chi connectivity index (χ0) is 20.2. The summed E-state index contributed by atoms with van der Waals surface area (Å²) in [6, 6.07) is 22.4. The summed E-state index contributed by atoms with van der Waals surface area (Å²) in [7, 11) is 0. The average molecular weight is 426 g/mol. The molecule has 3 aromatic carbocycles. The zero-order valence-corrected chi connectivity index (χ0v) is 18.1. The number of anilines is 1. The molecule has 0 bridgehead atoms. The monoisotopic (exact) mass is 425 g/mol. The third kappa shape index (κ3) is 4.96. The van der Waals surface area contributed by atoms with Crippen molar-refractivity contribution in [1.29, 1.82) is 0 Å². The van der Waals surface area contributed by atoms with E-state index in [1.165, 1.54) is 27.8 Å². The molecule has 1 fully saturated rings. The Labute approximate surface area is 181 Å². The van der Waals surface area contributed by atoms with Gasteiger partial charge in [-0.15, -0.1) is 11.8 Å². The molecule has 0 saturated carbocycles. The molecule has 1 aliphatic heterocycles. The summed E-state index contributed by atoms with van der Waals surface area (Å²) in [4.78, 5) is 3.75. The number of aryl methyl sites for hydroxylation is 1. The largest absolute Gasteiger partial charge is 0.371 e. The summed E-state index contributed by atoms with van der Waals surface area (Å²) < 4.78 is 14.3. The lowest BCUT2D eigenvalue weighted by Gasteiger charge is -2.35. The lowest BCUT2D eigenvalue weighted by atomic mass is 9.88. The summed E-state index contributed by atoms with van der Waals surface area (Å²) in [5.41, 5.74) is 4.75. The molecule has 150 valence electrons. The number of nitrogens with zero attached hydrogens (tertiary/aromatic N) is 1. The van der Waals surface area contributed by atoms with Gasteiger partial charge in [0.25, 0.3) is 0 Å². The number of hydrogen-bond acceptors (Lipinski definition) is 2. The molecule has 1 saturated heterocycles. The van der Waals surface area contributed by atoms with Crippen molar-refractivity contribution < 1.29 is 4.39 Å². The second-order valence-corrected chi connectivity index (χ2v) is 9.14. The van der Waals surface area contributed by atoms with Crippen LogP contribution in [-0.2, 0) is 5.75 Å². The van der Waals surface area contributed by atoms with E-state index in [1.54, 1.807) is 6.07 Å². The second kappa shape index (κ2) is 9.23. The lowest BCUT2D eigenvalue weighted by Crippen LogP contribution is -2.33. The van der Waals surface area contributed by atoms with E-state index in [9.17, 15) is 4.39 Å². The SMILES string of the molecule is Cc1ccc(SCc2ccccc2N2CCC(c3ccc(Cl)cc3F)CC2)cc1. The van der Waals surface area contributed by atoms with Gasteiger partial charge in [-0.2, -0.15) is 0 Å². The Morgan fingerprint density at radius 1 is 1.00 bits per heavy atom. The topological polar surface area (TPSA) is 3.24 Å². The standard InChI is InChI=1S/C25H25ClFNS/c1-18-6-9-22(10-7-18)29-17-20-4-2-3-5-25(20)28-14-12-19(13-15-28)23-11-8-21(26)16-24(23)27/h2-11,16,19H,12-15,17H2,1H3. The first kappa shape index (κ1) is 20.3. The Hall–Kier alpha value is -1.97. The Balaban J connectivity index is 1.42. The Morgan fingerprint density at radius 2 is 1.72 bits per heavy atom. The summed E-state index contributed by atoms with van der Waals surface area (Å²) in [6.07, 6.45) is 1.91. The smallest absolute Gasteiger partial charge is 0.128 e. The van der Waals surface area contributed by atoms with Gasteiger partial charge in [-0.1, -0.05) is 53.6 Å². The van der Waals surface area contributed by atoms with Crippen LogP contribution >= 0.6 is 23.4 Å². The minimum absolute atomic E-state index is 0.175. The normalized spacial score (nSPS) is 14.9. The third-order valence-electron chi connectivity index (χ3n) is 5.64. The maximum atomic E-state index is 14.3. The van der Waals surface area contributed by atoms with Gasteiger partial charge in [0.2, 0.25) is 0 Å². The van der Waals surface area contributed by atoms with E-state index in [0.29, 0.717) is 5.02 Å². The first-order chi connectivity index (χ1) is 14.1. The van der Waals surface area contributed by atoms with E-state index >= 15 is 0 Å². The quantitative estimate of drug-likeness (QED) is 0.390. The highest BCUT2D eigenvalue weighted by Gasteiger charge is 2.24. The van der Waals surface area contributed by atoms with Gasteiger partial charge < -0.3 is 4.90 Å². The molecular weight excluding hydrogens is 401 g/mol. The Kier molecular flexibility index (Phi) is 6.46. The van der Waals surface area contributed by atoms with E-state index in [0.717, 1.165) is 37.2 Å². The van der Waals surface area contributed by atoms with E-state index in [1.807, 2.05) is 17.8 Å². The molecule has 0 aromatic heterocycles. The van der Waals surface area contributed by atoms with E-state index < -0.39 is 0 Å². The molecule has 0 radical (unpaired) electrons. The zero-order valence-electron chi connectivity index (χ0n) is 16.6. The molecule has 0 spiro atoms. The van der Waals surface area contributed by atoms with Crippen molar-refractivity contribution in [3.05, 3.63) is 94.3 Å². The maximum absolute atomic E-state index is 14.3. The lowest BCUT2D eigenvalue weighted by molar-refractivity contribution is 0.481. The number of hydrogen-bond donors (Lipinski definition) is 0. The predicted octanol–water partition coefficient (Wildman–Crippen LogP) is 7.46. The van der Waals surface area contributed by atoms with Gasteiger partial charge in [0, 0.05) is 34.4 Å². The van der Waals surface area contributed by atoms with Crippen molar-refractivity contribution in [2.75, 3.05) is 18.0 Å². The summed E-state index contributed by atoms with van der Waals surface area (Å²) in [6.45, 7) is 4.00. The maximum Gasteiger partial charge on any atom is 0.128 e. The fourth-order valence-electron chi connectivity index (χ4n) is 4.00. The molecular formula is C25H25ClFNS. The van der Waals surface area contributed by atoms with Crippen LogP contribution in [0.2, 0.25) is 5.02 Å². The highest BCUT2D eigenvalue weighted by atomic mass is 35.5. The van der Waals surface area contributed by atoms with Crippen LogP contribution in [0.15, 0.2) is 71.6 Å². The number of rotatable bonds is 5. The van der Waals surface area contributed by atoms with Crippen molar-refractivity contribution in [3.63, 3.8) is 0 Å². The van der Waals surface area contributed by atoms with Crippen molar-refractivity contribution in [2.24, 2.45) is 0 Å². The molecule has 4 heteroatoms. The van der Waals surface area contributed by atoms with Gasteiger partial charge in [0.1, 0.15) is 5.82 Å². The Morgan fingerprint density at radius 3 is 2.45 bits per heavy atom. The fraction of sp³-hybridized carbons (Fsp3) is 0.280. The van der Waals surface area contributed by atoms with Gasteiger partial charge in [0.05, 0.1) is 0 Å². The van der Waals surface area contributed by atoms with Crippen molar-refractivity contribution in [3.8, 4) is 0 Å². The van der Waals surface area contributed by atoms with Gasteiger partial charge >= 0.3 is 0 Å². The third-order valence-corrected chi connectivity index (χ3v) is 6.94. The predicted molar refractivity (Wildman–Crippen MR) is 123 cm³/mol. The van der Waals surface area contributed by atoms with Crippen LogP contribution in [0.25, 0.3) is 0 Å². The molecule has 0 unspecified atom stereocenters. The van der Waals surface area contributed by atoms with Crippen molar-refractivity contribution in [2.45, 2.75) is 36.3 Å². The first-order valence-electron chi connectivity index (χ1n) is 10.1. The second-order valence-electron chi connectivity index (χ2n) is 7.66. The highest BCUT2D eigenvalue weighted by Crippen LogP contribution is 2.35. The molecule has 1 aliphatic rings. The molecule has 0 atom stereocenters. The van der Waals surface area contributed by atoms with Crippen LogP contribution in [-0.4, -0.2) is 13.1 Å². The van der Waals surface area contributed by atoms with Gasteiger partial charge in [-0.05, 0) is 67.1 Å². The van der Waals surface area contributed by atoms with Crippen molar-refractivity contribution in [1.82, 2.24) is 0 Å². The molecule has 3 aromatic rings. The molecule has 29 heavy (non-hydrogen) atoms. The highest BCUT2D eigenvalue weighted by molar-refractivity contribution is 7.98.